The lowest BCUT2D eigenvalue weighted by Crippen LogP contribution is -2.21. The number of nitrogens with two attached hydrogens (primary N) is 1. The molecule has 2 nitrogen and oxygen atoms in total. The van der Waals surface area contributed by atoms with E-state index in [2.05, 4.69) is 26.0 Å². The Hall–Kier alpha value is -0.730. The predicted molar refractivity (Wildman–Crippen MR) is 60.2 cm³/mol. The fraction of sp³-hybridized carbons (Fsp3) is 0.455. The van der Waals surface area contributed by atoms with Crippen LogP contribution in [0.25, 0.3) is 0 Å². The van der Waals surface area contributed by atoms with Crippen molar-refractivity contribution in [1.29, 1.82) is 0 Å². The lowest BCUT2D eigenvalue weighted by Gasteiger charge is -2.25. The van der Waals surface area contributed by atoms with Crippen LogP contribution in [-0.2, 0) is 0 Å². The van der Waals surface area contributed by atoms with E-state index in [9.17, 15) is 0 Å². The van der Waals surface area contributed by atoms with Crippen molar-refractivity contribution in [1.82, 2.24) is 0 Å². The molecule has 3 heteroatoms. The van der Waals surface area contributed by atoms with Crippen molar-refractivity contribution in [3.63, 3.8) is 0 Å². The van der Waals surface area contributed by atoms with Crippen LogP contribution in [0.1, 0.15) is 29.2 Å². The van der Waals surface area contributed by atoms with E-state index in [1.54, 1.807) is 0 Å². The van der Waals surface area contributed by atoms with Gasteiger partial charge in [-0.2, -0.15) is 0 Å². The van der Waals surface area contributed by atoms with Crippen LogP contribution in [0.2, 0.25) is 0 Å². The summed E-state index contributed by atoms with van der Waals surface area (Å²) in [6.07, 6.45) is 0.927. The van der Waals surface area contributed by atoms with Crippen molar-refractivity contribution in [3.05, 3.63) is 28.8 Å². The number of halogens is 1. The third-order valence-electron chi connectivity index (χ3n) is 2.55. The zero-order valence-electron chi connectivity index (χ0n) is 8.54. The smallest absolute Gasteiger partial charge is 0.124 e. The second-order valence-electron chi connectivity index (χ2n) is 3.74. The molecular formula is C11H16ClNO. The highest BCUT2D eigenvalue weighted by molar-refractivity contribution is 5.85. The topological polar surface area (TPSA) is 35.2 Å². The van der Waals surface area contributed by atoms with E-state index >= 15 is 0 Å². The molecule has 1 aliphatic rings. The first-order valence-electron chi connectivity index (χ1n) is 4.68. The van der Waals surface area contributed by atoms with Crippen LogP contribution >= 0.6 is 12.4 Å². The minimum atomic E-state index is 0. The Bertz CT molecular complexity index is 338. The van der Waals surface area contributed by atoms with Crippen LogP contribution < -0.4 is 10.5 Å². The molecule has 1 atom stereocenters. The normalized spacial score (nSPS) is 19.2. The summed E-state index contributed by atoms with van der Waals surface area (Å²) < 4.78 is 5.58. The third kappa shape index (κ3) is 1.86. The fourth-order valence-corrected chi connectivity index (χ4v) is 1.97. The maximum atomic E-state index is 6.02. The van der Waals surface area contributed by atoms with Gasteiger partial charge in [0.15, 0.2) is 0 Å². The average molecular weight is 214 g/mol. The summed E-state index contributed by atoms with van der Waals surface area (Å²) in [5.41, 5.74) is 9.70. The van der Waals surface area contributed by atoms with Crippen molar-refractivity contribution in [2.45, 2.75) is 26.3 Å². The van der Waals surface area contributed by atoms with Gasteiger partial charge in [-0.3, -0.25) is 0 Å². The molecule has 2 N–H and O–H groups in total. The maximum absolute atomic E-state index is 6.02. The molecule has 0 bridgehead atoms. The van der Waals surface area contributed by atoms with Crippen LogP contribution in [0.4, 0.5) is 0 Å². The molecule has 0 aliphatic carbocycles. The lowest BCUT2D eigenvalue weighted by molar-refractivity contribution is 0.268. The molecule has 1 heterocycles. The third-order valence-corrected chi connectivity index (χ3v) is 2.55. The van der Waals surface area contributed by atoms with Gasteiger partial charge in [0.25, 0.3) is 0 Å². The minimum absolute atomic E-state index is 0. The molecule has 0 amide bonds. The van der Waals surface area contributed by atoms with Gasteiger partial charge >= 0.3 is 0 Å². The summed E-state index contributed by atoms with van der Waals surface area (Å²) in [6, 6.07) is 4.39. The Labute approximate surface area is 90.9 Å². The first-order chi connectivity index (χ1) is 6.18. The van der Waals surface area contributed by atoms with Gasteiger partial charge in [0.05, 0.1) is 6.61 Å². The van der Waals surface area contributed by atoms with Crippen LogP contribution in [-0.4, -0.2) is 6.61 Å². The predicted octanol–water partition coefficient (Wildman–Crippen LogP) is 2.51. The molecule has 2 rings (SSSR count). The Morgan fingerprint density at radius 2 is 2.07 bits per heavy atom. The monoisotopic (exact) mass is 213 g/mol. The largest absolute Gasteiger partial charge is 0.493 e. The summed E-state index contributed by atoms with van der Waals surface area (Å²) in [5, 5.41) is 0. The molecule has 0 fully saturated rings. The molecule has 0 saturated heterocycles. The summed E-state index contributed by atoms with van der Waals surface area (Å²) in [4.78, 5) is 0. The SMILES string of the molecule is Cc1cc(C)c2c(c1)OCC[C@H]2N.Cl. The van der Waals surface area contributed by atoms with Gasteiger partial charge in [0, 0.05) is 18.0 Å². The number of rotatable bonds is 0. The average Bonchev–Trinajstić information content (AvgIpc) is 2.02. The van der Waals surface area contributed by atoms with E-state index in [1.165, 1.54) is 16.7 Å². The van der Waals surface area contributed by atoms with Crippen LogP contribution in [0.3, 0.4) is 0 Å². The van der Waals surface area contributed by atoms with Crippen LogP contribution in [0, 0.1) is 13.8 Å². The Balaban J connectivity index is 0.000000980. The van der Waals surface area contributed by atoms with Gasteiger partial charge in [-0.15, -0.1) is 12.4 Å². The van der Waals surface area contributed by atoms with Crippen molar-refractivity contribution < 1.29 is 4.74 Å². The number of hydrogen-bond donors (Lipinski definition) is 1. The van der Waals surface area contributed by atoms with E-state index in [0.717, 1.165) is 18.8 Å². The van der Waals surface area contributed by atoms with E-state index in [1.807, 2.05) is 0 Å². The highest BCUT2D eigenvalue weighted by Crippen LogP contribution is 2.33. The fourth-order valence-electron chi connectivity index (χ4n) is 1.97. The summed E-state index contributed by atoms with van der Waals surface area (Å²) >= 11 is 0. The Morgan fingerprint density at radius 1 is 1.36 bits per heavy atom. The van der Waals surface area contributed by atoms with Crippen LogP contribution in [0.5, 0.6) is 5.75 Å². The maximum Gasteiger partial charge on any atom is 0.124 e. The molecule has 0 radical (unpaired) electrons. The molecule has 14 heavy (non-hydrogen) atoms. The standard InChI is InChI=1S/C11H15NO.ClH/c1-7-5-8(2)11-9(12)3-4-13-10(11)6-7;/h5-6,9H,3-4,12H2,1-2H3;1H/t9-;/m1./s1. The van der Waals surface area contributed by atoms with Gasteiger partial charge < -0.3 is 10.5 Å². The van der Waals surface area contributed by atoms with Crippen molar-refractivity contribution in [2.75, 3.05) is 6.61 Å². The number of hydrogen-bond acceptors (Lipinski definition) is 2. The first-order valence-corrected chi connectivity index (χ1v) is 4.68. The summed E-state index contributed by atoms with van der Waals surface area (Å²) in [6.45, 7) is 4.92. The Morgan fingerprint density at radius 3 is 2.79 bits per heavy atom. The highest BCUT2D eigenvalue weighted by atomic mass is 35.5. The number of fused-ring (bicyclic) bond motifs is 1. The lowest BCUT2D eigenvalue weighted by atomic mass is 9.95. The van der Waals surface area contributed by atoms with E-state index in [-0.39, 0.29) is 18.4 Å². The molecule has 0 aromatic heterocycles. The van der Waals surface area contributed by atoms with Crippen LogP contribution in [0.15, 0.2) is 12.1 Å². The van der Waals surface area contributed by atoms with Crippen molar-refractivity contribution in [2.24, 2.45) is 5.73 Å². The summed E-state index contributed by atoms with van der Waals surface area (Å²) in [7, 11) is 0. The van der Waals surface area contributed by atoms with Gasteiger partial charge in [0.2, 0.25) is 0 Å². The zero-order chi connectivity index (χ0) is 9.42. The first kappa shape index (κ1) is 11.3. The number of ether oxygens (including phenoxy) is 1. The van der Waals surface area contributed by atoms with Gasteiger partial charge in [-0.1, -0.05) is 6.07 Å². The molecule has 1 aliphatic heterocycles. The summed E-state index contributed by atoms with van der Waals surface area (Å²) in [5.74, 6) is 0.983. The molecule has 1 aromatic carbocycles. The number of benzene rings is 1. The molecule has 78 valence electrons. The zero-order valence-corrected chi connectivity index (χ0v) is 9.36. The number of aryl methyl sites for hydroxylation is 2. The quantitative estimate of drug-likeness (QED) is 0.719. The molecule has 0 saturated carbocycles. The second kappa shape index (κ2) is 4.20. The van der Waals surface area contributed by atoms with E-state index in [0.29, 0.717) is 0 Å². The van der Waals surface area contributed by atoms with Gasteiger partial charge in [-0.25, -0.2) is 0 Å². The minimum Gasteiger partial charge on any atom is -0.493 e. The molecule has 1 aromatic rings. The molecule has 0 spiro atoms. The van der Waals surface area contributed by atoms with Crippen molar-refractivity contribution >= 4 is 12.4 Å². The van der Waals surface area contributed by atoms with Gasteiger partial charge in [-0.05, 0) is 31.0 Å². The molecular weight excluding hydrogens is 198 g/mol. The van der Waals surface area contributed by atoms with E-state index < -0.39 is 0 Å². The van der Waals surface area contributed by atoms with Crippen molar-refractivity contribution in [3.8, 4) is 5.75 Å². The highest BCUT2D eigenvalue weighted by Gasteiger charge is 2.19. The Kier molecular flexibility index (Phi) is 3.40. The van der Waals surface area contributed by atoms with E-state index in [4.69, 9.17) is 10.5 Å². The van der Waals surface area contributed by atoms with Gasteiger partial charge in [0.1, 0.15) is 5.75 Å². The second-order valence-corrected chi connectivity index (χ2v) is 3.74. The molecule has 0 unspecified atom stereocenters.